The van der Waals surface area contributed by atoms with Crippen molar-refractivity contribution < 1.29 is 0 Å². The fourth-order valence-corrected chi connectivity index (χ4v) is 4.69. The van der Waals surface area contributed by atoms with Crippen LogP contribution in [0.2, 0.25) is 0 Å². The second-order valence-corrected chi connectivity index (χ2v) is 8.94. The average molecular weight is 464 g/mol. The predicted octanol–water partition coefficient (Wildman–Crippen LogP) is 3.58. The third kappa shape index (κ3) is 3.65. The molecule has 9 nitrogen and oxygen atoms in total. The Labute approximate surface area is 201 Å². The van der Waals surface area contributed by atoms with Crippen LogP contribution < -0.4 is 10.6 Å². The normalized spacial score (nSPS) is 16.1. The maximum absolute atomic E-state index is 4.78. The molecule has 0 aliphatic carbocycles. The van der Waals surface area contributed by atoms with E-state index in [2.05, 4.69) is 59.8 Å². The van der Waals surface area contributed by atoms with Crippen LogP contribution in [0.1, 0.15) is 24.0 Å². The Morgan fingerprint density at radius 2 is 1.09 bits per heavy atom. The summed E-state index contributed by atoms with van der Waals surface area (Å²) in [5.74, 6) is 3.50. The molecule has 0 amide bonds. The van der Waals surface area contributed by atoms with Crippen molar-refractivity contribution >= 4 is 33.7 Å². The molecule has 2 aliphatic heterocycles. The standard InChI is InChI=1S/C26H25N9/c1-9-27-23(28-10-1)15-3-5-17-21(13-15)34-25(32-17)19-7-8-20(31-19)26-33-18-6-4-16(14-22(18)35-26)24-29-11-2-12-30-24/h3-8,13-14,31H,1-2,9-12H2,(H,27,28)(H,29,30)(H,32,34)(H,33,35). The van der Waals surface area contributed by atoms with Crippen molar-refractivity contribution in [3.05, 3.63) is 59.7 Å². The summed E-state index contributed by atoms with van der Waals surface area (Å²) in [5.41, 5.74) is 7.80. The van der Waals surface area contributed by atoms with Gasteiger partial charge < -0.3 is 25.6 Å². The number of imidazole rings is 2. The number of nitrogens with one attached hydrogen (secondary N) is 5. The van der Waals surface area contributed by atoms with Crippen molar-refractivity contribution in [1.29, 1.82) is 0 Å². The third-order valence-corrected chi connectivity index (χ3v) is 6.50. The minimum Gasteiger partial charge on any atom is -0.370 e. The fraction of sp³-hybridized carbons (Fsp3) is 0.231. The Bertz CT molecular complexity index is 1500. The van der Waals surface area contributed by atoms with Gasteiger partial charge in [0, 0.05) is 37.3 Å². The zero-order chi connectivity index (χ0) is 23.2. The zero-order valence-corrected chi connectivity index (χ0v) is 19.2. The highest BCUT2D eigenvalue weighted by Gasteiger charge is 2.14. The van der Waals surface area contributed by atoms with Gasteiger partial charge in [-0.05, 0) is 61.4 Å². The number of aromatic nitrogens is 5. The average Bonchev–Trinajstić information content (AvgIpc) is 3.66. The summed E-state index contributed by atoms with van der Waals surface area (Å²) in [5, 5.41) is 6.76. The Hall–Kier alpha value is -4.40. The second kappa shape index (κ2) is 8.12. The fourth-order valence-electron chi connectivity index (χ4n) is 4.69. The van der Waals surface area contributed by atoms with E-state index in [1.165, 1.54) is 0 Å². The first-order valence-electron chi connectivity index (χ1n) is 12.1. The molecule has 2 aromatic carbocycles. The maximum atomic E-state index is 4.78. The maximum Gasteiger partial charge on any atom is 0.154 e. The van der Waals surface area contributed by atoms with E-state index in [0.29, 0.717) is 0 Å². The van der Waals surface area contributed by atoms with Crippen LogP contribution in [0.4, 0.5) is 0 Å². The molecule has 0 saturated carbocycles. The van der Waals surface area contributed by atoms with Gasteiger partial charge in [0.05, 0.1) is 33.5 Å². The summed E-state index contributed by atoms with van der Waals surface area (Å²) in [6, 6.07) is 16.5. The topological polar surface area (TPSA) is 122 Å². The molecule has 7 rings (SSSR count). The van der Waals surface area contributed by atoms with Crippen molar-refractivity contribution in [2.45, 2.75) is 12.8 Å². The van der Waals surface area contributed by atoms with E-state index >= 15 is 0 Å². The zero-order valence-electron chi connectivity index (χ0n) is 19.2. The summed E-state index contributed by atoms with van der Waals surface area (Å²) in [7, 11) is 0. The van der Waals surface area contributed by atoms with Gasteiger partial charge in [-0.3, -0.25) is 9.98 Å². The van der Waals surface area contributed by atoms with Crippen molar-refractivity contribution in [3.63, 3.8) is 0 Å². The summed E-state index contributed by atoms with van der Waals surface area (Å²) in [4.78, 5) is 29.1. The van der Waals surface area contributed by atoms with E-state index in [4.69, 9.17) is 9.97 Å². The number of nitrogens with zero attached hydrogens (tertiary/aromatic N) is 4. The number of rotatable bonds is 4. The molecule has 3 aromatic heterocycles. The van der Waals surface area contributed by atoms with Crippen LogP contribution >= 0.6 is 0 Å². The Balaban J connectivity index is 1.18. The van der Waals surface area contributed by atoms with E-state index in [9.17, 15) is 0 Å². The van der Waals surface area contributed by atoms with Crippen molar-refractivity contribution in [2.75, 3.05) is 26.2 Å². The monoisotopic (exact) mass is 463 g/mol. The number of H-pyrrole nitrogens is 3. The first kappa shape index (κ1) is 20.0. The summed E-state index contributed by atoms with van der Waals surface area (Å²) in [6.07, 6.45) is 2.15. The Morgan fingerprint density at radius 3 is 1.54 bits per heavy atom. The molecule has 5 N–H and O–H groups in total. The van der Waals surface area contributed by atoms with Gasteiger partial charge in [-0.1, -0.05) is 0 Å². The molecule has 2 aliphatic rings. The van der Waals surface area contributed by atoms with Gasteiger partial charge in [-0.25, -0.2) is 9.97 Å². The first-order chi connectivity index (χ1) is 17.3. The van der Waals surface area contributed by atoms with Gasteiger partial charge in [0.2, 0.25) is 0 Å². The molecule has 174 valence electrons. The Kier molecular flexibility index (Phi) is 4.64. The quantitative estimate of drug-likeness (QED) is 0.280. The van der Waals surface area contributed by atoms with Crippen LogP contribution in [-0.4, -0.2) is 62.8 Å². The molecule has 0 spiro atoms. The molecule has 0 radical (unpaired) electrons. The smallest absolute Gasteiger partial charge is 0.154 e. The summed E-state index contributed by atoms with van der Waals surface area (Å²) in [6.45, 7) is 3.67. The SMILES string of the molecule is c1cc2nc(-c3ccc(-c4nc5ccc(C6=NCCCN6)cc5[nH]4)[nH]3)[nH]c2cc1C1=NCCCN1. The van der Waals surface area contributed by atoms with Crippen LogP contribution in [0.15, 0.2) is 58.5 Å². The molecule has 35 heavy (non-hydrogen) atoms. The lowest BCUT2D eigenvalue weighted by Crippen LogP contribution is -2.30. The van der Waals surface area contributed by atoms with E-state index < -0.39 is 0 Å². The minimum absolute atomic E-state index is 0.793. The number of hydrogen-bond donors (Lipinski definition) is 5. The van der Waals surface area contributed by atoms with E-state index in [-0.39, 0.29) is 0 Å². The molecule has 9 heteroatoms. The van der Waals surface area contributed by atoms with Crippen LogP contribution in [0.25, 0.3) is 45.1 Å². The molecular weight excluding hydrogens is 438 g/mol. The van der Waals surface area contributed by atoms with Crippen LogP contribution in [0, 0.1) is 0 Å². The molecule has 0 atom stereocenters. The highest BCUT2D eigenvalue weighted by atomic mass is 15.0. The molecule has 0 saturated heterocycles. The number of amidine groups is 2. The van der Waals surface area contributed by atoms with Crippen molar-refractivity contribution in [1.82, 2.24) is 35.6 Å². The van der Waals surface area contributed by atoms with Gasteiger partial charge in [0.25, 0.3) is 0 Å². The van der Waals surface area contributed by atoms with Crippen molar-refractivity contribution in [2.24, 2.45) is 9.98 Å². The van der Waals surface area contributed by atoms with E-state index in [0.717, 1.165) is 107 Å². The number of hydrogen-bond acceptors (Lipinski definition) is 6. The molecule has 5 heterocycles. The molecule has 5 aromatic rings. The molecule has 0 unspecified atom stereocenters. The van der Waals surface area contributed by atoms with Gasteiger partial charge in [0.15, 0.2) is 11.6 Å². The van der Waals surface area contributed by atoms with E-state index in [1.54, 1.807) is 0 Å². The van der Waals surface area contributed by atoms with Gasteiger partial charge in [-0.15, -0.1) is 0 Å². The lowest BCUT2D eigenvalue weighted by molar-refractivity contribution is 0.742. The lowest BCUT2D eigenvalue weighted by Gasteiger charge is -2.14. The first-order valence-corrected chi connectivity index (χ1v) is 12.1. The molecule has 0 fully saturated rings. The number of aliphatic imine (C=N–C) groups is 2. The number of aromatic amines is 3. The van der Waals surface area contributed by atoms with Gasteiger partial charge in [0.1, 0.15) is 11.7 Å². The summed E-state index contributed by atoms with van der Waals surface area (Å²) >= 11 is 0. The van der Waals surface area contributed by atoms with E-state index in [1.807, 2.05) is 24.3 Å². The van der Waals surface area contributed by atoms with Crippen LogP contribution in [0.5, 0.6) is 0 Å². The largest absolute Gasteiger partial charge is 0.370 e. The second-order valence-electron chi connectivity index (χ2n) is 8.94. The highest BCUT2D eigenvalue weighted by molar-refractivity contribution is 6.02. The number of benzene rings is 2. The minimum atomic E-state index is 0.793. The molecule has 0 bridgehead atoms. The number of fused-ring (bicyclic) bond motifs is 2. The summed E-state index contributed by atoms with van der Waals surface area (Å²) < 4.78 is 0. The Morgan fingerprint density at radius 1 is 0.571 bits per heavy atom. The van der Waals surface area contributed by atoms with Gasteiger partial charge >= 0.3 is 0 Å². The highest BCUT2D eigenvalue weighted by Crippen LogP contribution is 2.26. The lowest BCUT2D eigenvalue weighted by atomic mass is 10.1. The van der Waals surface area contributed by atoms with Crippen LogP contribution in [-0.2, 0) is 0 Å². The van der Waals surface area contributed by atoms with Crippen LogP contribution in [0.3, 0.4) is 0 Å². The molecular formula is C26H25N9. The van der Waals surface area contributed by atoms with Gasteiger partial charge in [-0.2, -0.15) is 0 Å². The predicted molar refractivity (Wildman–Crippen MR) is 139 cm³/mol. The third-order valence-electron chi connectivity index (χ3n) is 6.50. The van der Waals surface area contributed by atoms with Crippen molar-refractivity contribution in [3.8, 4) is 23.0 Å².